The number of para-hydroxylation sites is 4. The molecule has 92 heavy (non-hydrogen) atoms. The Kier molecular flexibility index (Phi) is 11.3. The second-order valence-electron chi connectivity index (χ2n) is 24.6. The van der Waals surface area contributed by atoms with E-state index >= 15 is 0 Å². The maximum atomic E-state index is 8.83. The summed E-state index contributed by atoms with van der Waals surface area (Å²) in [6.07, 6.45) is 5.86. The van der Waals surface area contributed by atoms with E-state index in [0.717, 1.165) is 149 Å². The second-order valence-corrected chi connectivity index (χ2v) is 24.6. The topological polar surface area (TPSA) is 62.1 Å². The van der Waals surface area contributed by atoms with Gasteiger partial charge in [0.1, 0.15) is 28.1 Å². The number of fused-ring (bicyclic) bond motifs is 16. The van der Waals surface area contributed by atoms with Gasteiger partial charge in [-0.05, 0) is 180 Å². The number of rotatable bonds is 7. The predicted molar refractivity (Wildman–Crippen MR) is 369 cm³/mol. The van der Waals surface area contributed by atoms with Gasteiger partial charge in [0.05, 0.1) is 16.7 Å². The van der Waals surface area contributed by atoms with Gasteiger partial charge in [-0.1, -0.05) is 172 Å². The van der Waals surface area contributed by atoms with Crippen LogP contribution in [0.2, 0.25) is 0 Å². The van der Waals surface area contributed by atoms with E-state index in [9.17, 15) is 0 Å². The first-order valence-corrected chi connectivity index (χ1v) is 30.5. The quantitative estimate of drug-likeness (QED) is 0.118. The Bertz CT molecular complexity index is 6130. The van der Waals surface area contributed by atoms with E-state index < -0.39 is 13.7 Å². The molecular formula is C84H56N4O3Pt-2. The Balaban J connectivity index is 0.00000722. The summed E-state index contributed by atoms with van der Waals surface area (Å²) in [6.45, 7) is 1.32. The number of ether oxygens (including phenoxy) is 1. The van der Waals surface area contributed by atoms with E-state index in [0.29, 0.717) is 22.7 Å². The molecule has 0 aliphatic carbocycles. The van der Waals surface area contributed by atoms with Crippen molar-refractivity contribution in [3.8, 4) is 95.5 Å². The molecule has 0 radical (unpaired) electrons. The number of imidazole rings is 1. The predicted octanol–water partition coefficient (Wildman–Crippen LogP) is 21.6. The second kappa shape index (κ2) is 21.1. The van der Waals surface area contributed by atoms with Gasteiger partial charge in [-0.2, -0.15) is 18.2 Å². The normalized spacial score (nSPS) is 13.3. The van der Waals surface area contributed by atoms with Crippen molar-refractivity contribution >= 4 is 76.7 Å². The van der Waals surface area contributed by atoms with E-state index in [1.807, 2.05) is 115 Å². The third kappa shape index (κ3) is 8.74. The molecule has 7 nitrogen and oxygen atoms in total. The van der Waals surface area contributed by atoms with Crippen LogP contribution in [0, 0.1) is 32.2 Å². The summed E-state index contributed by atoms with van der Waals surface area (Å²) in [4.78, 5) is 4.93. The zero-order valence-electron chi connectivity index (χ0n) is 56.0. The van der Waals surface area contributed by atoms with Crippen LogP contribution in [0.15, 0.2) is 258 Å². The molecule has 1 aliphatic rings. The fourth-order valence-corrected chi connectivity index (χ4v) is 13.9. The van der Waals surface area contributed by atoms with Crippen LogP contribution in [-0.4, -0.2) is 14.1 Å². The first-order chi connectivity index (χ1) is 47.0. The first-order valence-electron chi connectivity index (χ1n) is 33.5. The molecule has 0 saturated heterocycles. The fourth-order valence-electron chi connectivity index (χ4n) is 13.9. The number of nitrogens with zero attached hydrogens (tertiary/aromatic N) is 4. The third-order valence-corrected chi connectivity index (χ3v) is 18.2. The van der Waals surface area contributed by atoms with Crippen LogP contribution in [0.4, 0.5) is 0 Å². The van der Waals surface area contributed by atoms with E-state index in [1.54, 1.807) is 0 Å². The molecule has 18 rings (SSSR count). The monoisotopic (exact) mass is 1370 g/mol. The van der Waals surface area contributed by atoms with E-state index in [-0.39, 0.29) is 43.2 Å². The number of pyridine rings is 1. The smallest absolute Gasteiger partial charge is 0.268 e. The van der Waals surface area contributed by atoms with Crippen molar-refractivity contribution in [1.29, 1.82) is 0 Å². The van der Waals surface area contributed by atoms with Gasteiger partial charge < -0.3 is 22.7 Å². The molecule has 0 fully saturated rings. The third-order valence-electron chi connectivity index (χ3n) is 18.2. The van der Waals surface area contributed by atoms with Crippen molar-refractivity contribution in [3.63, 3.8) is 0 Å². The molecule has 12 aromatic carbocycles. The van der Waals surface area contributed by atoms with Gasteiger partial charge in [0.2, 0.25) is 0 Å². The molecule has 0 spiro atoms. The van der Waals surface area contributed by atoms with Crippen molar-refractivity contribution in [2.24, 2.45) is 0 Å². The summed E-state index contributed by atoms with van der Waals surface area (Å²) in [5, 5.41) is 6.01. The first kappa shape index (κ1) is 49.0. The Morgan fingerprint density at radius 3 is 1.83 bits per heavy atom. The number of furan rings is 2. The molecule has 1 aliphatic heterocycles. The Labute approximate surface area is 554 Å². The molecule has 0 N–H and O–H groups in total. The molecule has 6 heterocycles. The summed E-state index contributed by atoms with van der Waals surface area (Å²) >= 11 is 0. The molecule has 5 aromatic heterocycles. The maximum absolute atomic E-state index is 8.83. The summed E-state index contributed by atoms with van der Waals surface area (Å²) in [5.41, 5.74) is 18.2. The van der Waals surface area contributed by atoms with Gasteiger partial charge >= 0.3 is 0 Å². The van der Waals surface area contributed by atoms with Crippen LogP contribution < -0.4 is 9.30 Å². The average Bonchev–Trinajstić information content (AvgIpc) is 1.54. The van der Waals surface area contributed by atoms with Crippen LogP contribution in [0.1, 0.15) is 45.7 Å². The van der Waals surface area contributed by atoms with Crippen molar-refractivity contribution in [2.75, 3.05) is 0 Å². The van der Waals surface area contributed by atoms with Gasteiger partial charge in [0.25, 0.3) is 6.33 Å². The molecule has 0 bridgehead atoms. The van der Waals surface area contributed by atoms with Crippen LogP contribution in [-0.2, 0) is 26.5 Å². The van der Waals surface area contributed by atoms with Gasteiger partial charge in [-0.15, -0.1) is 29.7 Å². The standard InChI is InChI=1S/C84H56N4O3.Pt/c1-50-17-14-18-51(2)81(50)54-31-35-63-61-21-6-7-22-62(61)72-44-55(52-32-37-78-70(41-52)66-24-9-12-29-76(66)90-78)45-75-83(72)87(82-60(26-16-27-68(82)69(63)43-54)53-33-38-79-71(42-53)67-25-10-13-30-77(67)91-79)49-86(75)57-19-15-20-58(47-57)89-59-34-36-65-64-23-8-11-28-73(64)88(74(65)48-59)80-46-56(39-40-85-80)84(3,4)5;/h6-46H,1-5H3;/q-2;/i1D3,2D3;. The van der Waals surface area contributed by atoms with Crippen LogP contribution in [0.25, 0.3) is 161 Å². The molecule has 8 heteroatoms. The molecule has 0 amide bonds. The summed E-state index contributed by atoms with van der Waals surface area (Å²) in [6, 6.07) is 88.2. The Hall–Kier alpha value is -10.9. The molecule has 0 saturated carbocycles. The van der Waals surface area contributed by atoms with Crippen molar-refractivity contribution < 1.29 is 47.4 Å². The van der Waals surface area contributed by atoms with Crippen molar-refractivity contribution in [1.82, 2.24) is 14.1 Å². The van der Waals surface area contributed by atoms with Gasteiger partial charge in [0.15, 0.2) is 0 Å². The van der Waals surface area contributed by atoms with Gasteiger partial charge in [0, 0.05) is 74.0 Å². The van der Waals surface area contributed by atoms with Crippen LogP contribution >= 0.6 is 0 Å². The molecule has 17 aromatic rings. The van der Waals surface area contributed by atoms with Crippen molar-refractivity contribution in [2.45, 2.75) is 39.9 Å². The average molecular weight is 1370 g/mol. The molecule has 0 unspecified atom stereocenters. The number of aromatic nitrogens is 4. The molecular weight excluding hydrogens is 1310 g/mol. The fraction of sp³-hybridized carbons (Fsp3) is 0.0714. The SMILES string of the molecule is [2H]C([2H])([2H])c1cccc(C([2H])([2H])[2H])c1-c1ccc2c(c1)-c1cccc(-c3ccc4oc5ccccc5c4c3)c1-[n+]1[c-]n(-c3[c-]c(Oc4[c-]c5c(cc4)c4ccccc4n5-c4cc(C(C)(C)C)ccn4)ccc3)c3cc(-c4ccc5oc6ccccc6c5c4)cc(c31)-c1ccccc1-2.[Pt]. The molecule has 442 valence electrons. The zero-order valence-corrected chi connectivity index (χ0v) is 52.3. The Morgan fingerprint density at radius 1 is 0.457 bits per heavy atom. The zero-order chi connectivity index (χ0) is 65.8. The number of hydrogen-bond donors (Lipinski definition) is 0. The number of hydrogen-bond acceptors (Lipinski definition) is 4. The summed E-state index contributed by atoms with van der Waals surface area (Å²) < 4.78 is 79.1. The van der Waals surface area contributed by atoms with E-state index in [2.05, 4.69) is 168 Å². The molecule has 0 atom stereocenters. The number of aryl methyl sites for hydroxylation is 2. The largest absolute Gasteiger partial charge is 0.510 e. The van der Waals surface area contributed by atoms with Crippen LogP contribution in [0.5, 0.6) is 11.5 Å². The minimum atomic E-state index is -2.65. The van der Waals surface area contributed by atoms with E-state index in [4.69, 9.17) is 26.8 Å². The van der Waals surface area contributed by atoms with E-state index in [1.165, 1.54) is 18.2 Å². The Morgan fingerprint density at radius 2 is 1.07 bits per heavy atom. The summed E-state index contributed by atoms with van der Waals surface area (Å²) in [7, 11) is 0. The van der Waals surface area contributed by atoms with Gasteiger partial charge in [-0.3, -0.25) is 4.57 Å². The number of benzene rings is 12. The summed E-state index contributed by atoms with van der Waals surface area (Å²) in [5.74, 6) is 1.72. The minimum Gasteiger partial charge on any atom is -0.510 e. The minimum absolute atomic E-state index is 0. The van der Waals surface area contributed by atoms with Crippen LogP contribution in [0.3, 0.4) is 0 Å². The maximum Gasteiger partial charge on any atom is 0.268 e. The van der Waals surface area contributed by atoms with Crippen molar-refractivity contribution in [3.05, 3.63) is 284 Å². The van der Waals surface area contributed by atoms with Gasteiger partial charge in [-0.25, -0.2) is 4.98 Å².